The molecule has 9 heavy (non-hydrogen) atoms. The Hall–Kier alpha value is -0.0800. The molecule has 0 saturated carbocycles. The fraction of sp³-hybridized carbons (Fsp3) is 0.857. The van der Waals surface area contributed by atoms with Crippen molar-refractivity contribution in [3.63, 3.8) is 0 Å². The molecule has 0 radical (unpaired) electrons. The number of hydrogen-bond donors (Lipinski definition) is 1. The zero-order valence-corrected chi connectivity index (χ0v) is 6.18. The monoisotopic (exact) mass is 129 g/mol. The van der Waals surface area contributed by atoms with E-state index in [1.54, 1.807) is 0 Å². The lowest BCUT2D eigenvalue weighted by molar-refractivity contribution is -0.870. The molecule has 1 rings (SSSR count). The molecule has 0 amide bonds. The molecule has 0 bridgehead atoms. The highest BCUT2D eigenvalue weighted by molar-refractivity contribution is 4.57. The first-order valence-electron chi connectivity index (χ1n) is 3.50. The summed E-state index contributed by atoms with van der Waals surface area (Å²) in [4.78, 5) is 1.33. The highest BCUT2D eigenvalue weighted by Gasteiger charge is 2.18. The minimum Gasteiger partial charge on any atom is -0.464 e. The first kappa shape index (κ1) is 7.03. The third-order valence-electron chi connectivity index (χ3n) is 1.62. The summed E-state index contributed by atoms with van der Waals surface area (Å²) in [6.45, 7) is 6.29. The van der Waals surface area contributed by atoms with Crippen LogP contribution in [0.25, 0.3) is 0 Å². The van der Waals surface area contributed by atoms with Crippen LogP contribution >= 0.6 is 0 Å². The summed E-state index contributed by atoms with van der Waals surface area (Å²) in [5.41, 5.74) is 0. The SMILES string of the molecule is [CH2-][NH+]1C[C@@H](C)O[C@@H](C)C1. The van der Waals surface area contributed by atoms with Crippen molar-refractivity contribution in [2.45, 2.75) is 26.1 Å². The standard InChI is InChI=1S/C7H15NO/c1-6-4-8(3)5-7(2)9-6/h6-8H,3-5H2,1-2H3/t6-,7+. The minimum atomic E-state index is 0.390. The Morgan fingerprint density at radius 3 is 2.11 bits per heavy atom. The zero-order chi connectivity index (χ0) is 6.85. The molecule has 0 aromatic carbocycles. The van der Waals surface area contributed by atoms with E-state index in [2.05, 4.69) is 20.9 Å². The molecule has 1 aliphatic heterocycles. The lowest BCUT2D eigenvalue weighted by atomic mass is 10.2. The maximum atomic E-state index is 5.50. The summed E-state index contributed by atoms with van der Waals surface area (Å²) < 4.78 is 5.50. The van der Waals surface area contributed by atoms with Crippen molar-refractivity contribution in [3.8, 4) is 0 Å². The van der Waals surface area contributed by atoms with Crippen molar-refractivity contribution in [1.82, 2.24) is 0 Å². The second-order valence-corrected chi connectivity index (χ2v) is 2.92. The van der Waals surface area contributed by atoms with Crippen LogP contribution in [0.15, 0.2) is 0 Å². The molecule has 1 aliphatic rings. The molecule has 0 spiro atoms. The van der Waals surface area contributed by atoms with E-state index in [0.29, 0.717) is 12.2 Å². The van der Waals surface area contributed by atoms with Gasteiger partial charge in [0.1, 0.15) is 12.2 Å². The average molecular weight is 129 g/mol. The van der Waals surface area contributed by atoms with E-state index in [1.165, 1.54) is 4.90 Å². The molecule has 2 nitrogen and oxygen atoms in total. The van der Waals surface area contributed by atoms with Gasteiger partial charge in [0.2, 0.25) is 0 Å². The van der Waals surface area contributed by atoms with E-state index in [1.807, 2.05) is 0 Å². The fourth-order valence-electron chi connectivity index (χ4n) is 1.39. The molecular formula is C7H15NO. The van der Waals surface area contributed by atoms with Gasteiger partial charge in [0, 0.05) is 0 Å². The molecule has 0 aromatic rings. The Balaban J connectivity index is 2.34. The molecule has 54 valence electrons. The van der Waals surface area contributed by atoms with Crippen LogP contribution in [0, 0.1) is 7.05 Å². The predicted octanol–water partition coefficient (Wildman–Crippen LogP) is -0.530. The number of ether oxygens (including phenoxy) is 1. The number of morpholine rings is 1. The van der Waals surface area contributed by atoms with Crippen LogP contribution in [0.3, 0.4) is 0 Å². The van der Waals surface area contributed by atoms with Crippen LogP contribution in [0.5, 0.6) is 0 Å². The molecule has 1 N–H and O–H groups in total. The molecule has 0 aliphatic carbocycles. The Morgan fingerprint density at radius 2 is 1.78 bits per heavy atom. The highest BCUT2D eigenvalue weighted by Crippen LogP contribution is 1.97. The molecule has 1 saturated heterocycles. The van der Waals surface area contributed by atoms with Gasteiger partial charge in [-0.1, -0.05) is 0 Å². The Labute approximate surface area is 56.8 Å². The number of quaternary nitrogens is 1. The van der Waals surface area contributed by atoms with Crippen molar-refractivity contribution in [2.75, 3.05) is 13.1 Å². The van der Waals surface area contributed by atoms with Crippen LogP contribution in [-0.4, -0.2) is 25.3 Å². The largest absolute Gasteiger partial charge is 0.464 e. The van der Waals surface area contributed by atoms with Crippen LogP contribution < -0.4 is 4.90 Å². The van der Waals surface area contributed by atoms with E-state index < -0.39 is 0 Å². The van der Waals surface area contributed by atoms with Crippen molar-refractivity contribution in [2.24, 2.45) is 0 Å². The zero-order valence-electron chi connectivity index (χ0n) is 6.18. The van der Waals surface area contributed by atoms with Gasteiger partial charge in [-0.3, -0.25) is 0 Å². The van der Waals surface area contributed by atoms with Crippen molar-refractivity contribution in [3.05, 3.63) is 7.05 Å². The van der Waals surface area contributed by atoms with Crippen LogP contribution in [0.2, 0.25) is 0 Å². The lowest BCUT2D eigenvalue weighted by Crippen LogP contribution is -3.10. The number of hydrogen-bond acceptors (Lipinski definition) is 1. The van der Waals surface area contributed by atoms with Crippen molar-refractivity contribution in [1.29, 1.82) is 0 Å². The molecule has 1 unspecified atom stereocenters. The van der Waals surface area contributed by atoms with Crippen molar-refractivity contribution >= 4 is 0 Å². The first-order valence-corrected chi connectivity index (χ1v) is 3.50. The van der Waals surface area contributed by atoms with Crippen LogP contribution in [0.1, 0.15) is 13.8 Å². The Morgan fingerprint density at radius 1 is 1.33 bits per heavy atom. The smallest absolute Gasteiger partial charge is 0.102 e. The second kappa shape index (κ2) is 2.67. The third-order valence-corrected chi connectivity index (χ3v) is 1.62. The van der Waals surface area contributed by atoms with Crippen molar-refractivity contribution < 1.29 is 9.64 Å². The molecule has 0 aromatic heterocycles. The number of rotatable bonds is 0. The lowest BCUT2D eigenvalue weighted by Gasteiger charge is -2.34. The molecule has 2 heteroatoms. The van der Waals surface area contributed by atoms with Crippen LogP contribution in [-0.2, 0) is 4.74 Å². The van der Waals surface area contributed by atoms with Gasteiger partial charge < -0.3 is 9.64 Å². The quantitative estimate of drug-likeness (QED) is 0.434. The maximum absolute atomic E-state index is 5.50. The summed E-state index contributed by atoms with van der Waals surface area (Å²) in [7, 11) is 3.94. The Kier molecular flexibility index (Phi) is 2.09. The van der Waals surface area contributed by atoms with Crippen LogP contribution in [0.4, 0.5) is 0 Å². The number of nitrogens with one attached hydrogen (secondary N) is 1. The normalized spacial score (nSPS) is 45.0. The van der Waals surface area contributed by atoms with E-state index in [4.69, 9.17) is 4.74 Å². The minimum absolute atomic E-state index is 0.390. The van der Waals surface area contributed by atoms with Gasteiger partial charge in [-0.15, -0.1) is 0 Å². The third kappa shape index (κ3) is 1.95. The summed E-state index contributed by atoms with van der Waals surface area (Å²) in [6.07, 6.45) is 0.780. The van der Waals surface area contributed by atoms with Gasteiger partial charge in [-0.2, -0.15) is 7.05 Å². The van der Waals surface area contributed by atoms with Gasteiger partial charge in [0.05, 0.1) is 13.1 Å². The van der Waals surface area contributed by atoms with Gasteiger partial charge in [-0.05, 0) is 13.8 Å². The molecule has 1 fully saturated rings. The first-order chi connectivity index (χ1) is 4.18. The predicted molar refractivity (Wildman–Crippen MR) is 36.1 cm³/mol. The molecule has 3 atom stereocenters. The fourth-order valence-corrected chi connectivity index (χ4v) is 1.39. The van der Waals surface area contributed by atoms with Gasteiger partial charge in [0.25, 0.3) is 0 Å². The average Bonchev–Trinajstić information content (AvgIpc) is 1.59. The molecule has 1 heterocycles. The summed E-state index contributed by atoms with van der Waals surface area (Å²) in [5, 5.41) is 0. The summed E-state index contributed by atoms with van der Waals surface area (Å²) >= 11 is 0. The molecular weight excluding hydrogens is 114 g/mol. The second-order valence-electron chi connectivity index (χ2n) is 2.92. The summed E-state index contributed by atoms with van der Waals surface area (Å²) in [6, 6.07) is 0. The maximum Gasteiger partial charge on any atom is 0.102 e. The van der Waals surface area contributed by atoms with E-state index in [0.717, 1.165) is 13.1 Å². The summed E-state index contributed by atoms with van der Waals surface area (Å²) in [5.74, 6) is 0. The van der Waals surface area contributed by atoms with Gasteiger partial charge >= 0.3 is 0 Å². The van der Waals surface area contributed by atoms with E-state index in [9.17, 15) is 0 Å². The highest BCUT2D eigenvalue weighted by atomic mass is 16.5. The van der Waals surface area contributed by atoms with E-state index in [-0.39, 0.29) is 0 Å². The van der Waals surface area contributed by atoms with E-state index >= 15 is 0 Å². The topological polar surface area (TPSA) is 13.7 Å². The van der Waals surface area contributed by atoms with Gasteiger partial charge in [-0.25, -0.2) is 0 Å². The van der Waals surface area contributed by atoms with Gasteiger partial charge in [0.15, 0.2) is 0 Å². The Bertz CT molecular complexity index is 69.9.